The lowest BCUT2D eigenvalue weighted by Crippen LogP contribution is -2.46. The lowest BCUT2D eigenvalue weighted by Gasteiger charge is -2.33. The monoisotopic (exact) mass is 340 g/mol. The fourth-order valence-corrected chi connectivity index (χ4v) is 5.28. The first kappa shape index (κ1) is 18.2. The summed E-state index contributed by atoms with van der Waals surface area (Å²) < 4.78 is 33.4. The van der Waals surface area contributed by atoms with Gasteiger partial charge in [0.05, 0.1) is 12.0 Å². The van der Waals surface area contributed by atoms with E-state index in [-0.39, 0.29) is 6.04 Å². The van der Waals surface area contributed by atoms with E-state index >= 15 is 0 Å². The van der Waals surface area contributed by atoms with Gasteiger partial charge < -0.3 is 10.1 Å². The number of methoxy groups -OCH3 is 1. The molecular weight excluding hydrogens is 312 g/mol. The molecule has 1 aromatic rings. The summed E-state index contributed by atoms with van der Waals surface area (Å²) in [5, 5.41) is 3.30. The van der Waals surface area contributed by atoms with Crippen molar-refractivity contribution in [3.63, 3.8) is 0 Å². The largest absolute Gasteiger partial charge is 0.496 e. The van der Waals surface area contributed by atoms with E-state index in [1.807, 2.05) is 20.8 Å². The van der Waals surface area contributed by atoms with Crippen molar-refractivity contribution >= 4 is 10.0 Å². The van der Waals surface area contributed by atoms with E-state index in [9.17, 15) is 8.42 Å². The summed E-state index contributed by atoms with van der Waals surface area (Å²) in [6.45, 7) is 8.12. The van der Waals surface area contributed by atoms with Gasteiger partial charge in [0.2, 0.25) is 10.0 Å². The molecule has 0 aliphatic carbocycles. The number of nitrogens with zero attached hydrogens (tertiary/aromatic N) is 1. The number of piperidine rings is 1. The molecule has 1 aliphatic rings. The third kappa shape index (κ3) is 3.87. The summed E-state index contributed by atoms with van der Waals surface area (Å²) in [7, 11) is -1.87. The Labute approximate surface area is 140 Å². The summed E-state index contributed by atoms with van der Waals surface area (Å²) in [6, 6.07) is 3.54. The van der Waals surface area contributed by atoms with Gasteiger partial charge in [0, 0.05) is 12.6 Å². The van der Waals surface area contributed by atoms with Crippen LogP contribution < -0.4 is 10.1 Å². The maximum atomic E-state index is 13.2. The SMILES string of the molecule is CCCN(C1CCNCC1)S(=O)(=O)c1cc(C)c(OC)c(C)c1. The average molecular weight is 340 g/mol. The summed E-state index contributed by atoms with van der Waals surface area (Å²) in [5.74, 6) is 0.757. The first-order valence-electron chi connectivity index (χ1n) is 8.29. The van der Waals surface area contributed by atoms with E-state index in [0.717, 1.165) is 49.2 Å². The molecule has 0 atom stereocenters. The van der Waals surface area contributed by atoms with Gasteiger partial charge >= 0.3 is 0 Å². The maximum absolute atomic E-state index is 13.2. The van der Waals surface area contributed by atoms with Crippen LogP contribution >= 0.6 is 0 Å². The molecule has 1 aliphatic heterocycles. The van der Waals surface area contributed by atoms with E-state index in [1.165, 1.54) is 0 Å². The minimum atomic E-state index is -3.48. The van der Waals surface area contributed by atoms with Gasteiger partial charge in [-0.3, -0.25) is 0 Å². The average Bonchev–Trinajstić information content (AvgIpc) is 2.53. The van der Waals surface area contributed by atoms with Crippen LogP contribution in [-0.2, 0) is 10.0 Å². The Kier molecular flexibility index (Phi) is 6.06. The van der Waals surface area contributed by atoms with E-state index in [2.05, 4.69) is 5.32 Å². The zero-order valence-electron chi connectivity index (χ0n) is 14.6. The highest BCUT2D eigenvalue weighted by Gasteiger charge is 2.32. The van der Waals surface area contributed by atoms with E-state index in [1.54, 1.807) is 23.5 Å². The number of nitrogens with one attached hydrogen (secondary N) is 1. The van der Waals surface area contributed by atoms with Gasteiger partial charge in [0.1, 0.15) is 5.75 Å². The molecule has 1 fully saturated rings. The molecule has 130 valence electrons. The number of benzene rings is 1. The molecule has 23 heavy (non-hydrogen) atoms. The van der Waals surface area contributed by atoms with Crippen molar-refractivity contribution in [1.82, 2.24) is 9.62 Å². The molecule has 0 unspecified atom stereocenters. The molecule has 1 heterocycles. The van der Waals surface area contributed by atoms with Crippen LogP contribution in [0, 0.1) is 13.8 Å². The van der Waals surface area contributed by atoms with Crippen LogP contribution in [0.2, 0.25) is 0 Å². The fraction of sp³-hybridized carbons (Fsp3) is 0.647. The van der Waals surface area contributed by atoms with Gasteiger partial charge in [-0.25, -0.2) is 8.42 Å². The number of ether oxygens (including phenoxy) is 1. The molecule has 0 aromatic heterocycles. The molecule has 1 saturated heterocycles. The molecule has 0 amide bonds. The van der Waals surface area contributed by atoms with Crippen molar-refractivity contribution in [3.05, 3.63) is 23.3 Å². The summed E-state index contributed by atoms with van der Waals surface area (Å²) in [5.41, 5.74) is 1.71. The van der Waals surface area contributed by atoms with Gasteiger partial charge in [-0.05, 0) is 69.5 Å². The summed E-state index contributed by atoms with van der Waals surface area (Å²) >= 11 is 0. The van der Waals surface area contributed by atoms with Crippen molar-refractivity contribution < 1.29 is 13.2 Å². The Morgan fingerprint density at radius 2 is 1.78 bits per heavy atom. The van der Waals surface area contributed by atoms with Crippen LogP contribution in [0.4, 0.5) is 0 Å². The number of rotatable bonds is 6. The number of aryl methyl sites for hydroxylation is 2. The first-order chi connectivity index (χ1) is 10.9. The quantitative estimate of drug-likeness (QED) is 0.864. The Bertz CT molecular complexity index is 614. The highest BCUT2D eigenvalue weighted by Crippen LogP contribution is 2.30. The van der Waals surface area contributed by atoms with Crippen LogP contribution in [-0.4, -0.2) is 45.5 Å². The minimum Gasteiger partial charge on any atom is -0.496 e. The third-order valence-electron chi connectivity index (χ3n) is 4.40. The molecular formula is C17H28N2O3S. The van der Waals surface area contributed by atoms with Crippen molar-refractivity contribution in [1.29, 1.82) is 0 Å². The lowest BCUT2D eigenvalue weighted by molar-refractivity contribution is 0.262. The number of sulfonamides is 1. The molecule has 0 bridgehead atoms. The maximum Gasteiger partial charge on any atom is 0.243 e. The van der Waals surface area contributed by atoms with Crippen LogP contribution in [0.5, 0.6) is 5.75 Å². The Morgan fingerprint density at radius 3 is 2.26 bits per heavy atom. The molecule has 5 nitrogen and oxygen atoms in total. The zero-order valence-corrected chi connectivity index (χ0v) is 15.4. The summed E-state index contributed by atoms with van der Waals surface area (Å²) in [6.07, 6.45) is 2.55. The second-order valence-electron chi connectivity index (χ2n) is 6.19. The predicted octanol–water partition coefficient (Wildman–Crippen LogP) is 2.46. The highest BCUT2D eigenvalue weighted by atomic mass is 32.2. The smallest absolute Gasteiger partial charge is 0.243 e. The van der Waals surface area contributed by atoms with Crippen LogP contribution in [0.15, 0.2) is 17.0 Å². The van der Waals surface area contributed by atoms with Crippen molar-refractivity contribution in [2.45, 2.75) is 51.0 Å². The van der Waals surface area contributed by atoms with Gasteiger partial charge in [-0.15, -0.1) is 0 Å². The molecule has 0 spiro atoms. The van der Waals surface area contributed by atoms with Crippen LogP contribution in [0.3, 0.4) is 0 Å². The van der Waals surface area contributed by atoms with Crippen LogP contribution in [0.1, 0.15) is 37.3 Å². The van der Waals surface area contributed by atoms with Gasteiger partial charge in [0.25, 0.3) is 0 Å². The Hall–Kier alpha value is -1.11. The van der Waals surface area contributed by atoms with Gasteiger partial charge in [-0.1, -0.05) is 6.92 Å². The van der Waals surface area contributed by atoms with Crippen molar-refractivity contribution in [2.24, 2.45) is 0 Å². The minimum absolute atomic E-state index is 0.0870. The van der Waals surface area contributed by atoms with E-state index < -0.39 is 10.0 Å². The zero-order chi connectivity index (χ0) is 17.0. The standard InChI is InChI=1S/C17H28N2O3S/c1-5-10-19(15-6-8-18-9-7-15)23(20,21)16-11-13(2)17(22-4)14(3)12-16/h11-12,15,18H,5-10H2,1-4H3. The molecule has 1 aromatic carbocycles. The van der Waals surface area contributed by atoms with Gasteiger partial charge in [-0.2, -0.15) is 4.31 Å². The van der Waals surface area contributed by atoms with Gasteiger partial charge in [0.15, 0.2) is 0 Å². The topological polar surface area (TPSA) is 58.6 Å². The molecule has 1 N–H and O–H groups in total. The second kappa shape index (κ2) is 7.64. The van der Waals surface area contributed by atoms with Crippen molar-refractivity contribution in [3.8, 4) is 5.75 Å². The fourth-order valence-electron chi connectivity index (χ4n) is 3.33. The molecule has 6 heteroatoms. The van der Waals surface area contributed by atoms with E-state index in [0.29, 0.717) is 11.4 Å². The molecule has 2 rings (SSSR count). The highest BCUT2D eigenvalue weighted by molar-refractivity contribution is 7.89. The lowest BCUT2D eigenvalue weighted by atomic mass is 10.1. The Morgan fingerprint density at radius 1 is 1.22 bits per heavy atom. The first-order valence-corrected chi connectivity index (χ1v) is 9.73. The Balaban J connectivity index is 2.41. The molecule has 0 saturated carbocycles. The number of hydrogen-bond acceptors (Lipinski definition) is 4. The van der Waals surface area contributed by atoms with E-state index in [4.69, 9.17) is 4.74 Å². The molecule has 0 radical (unpaired) electrons. The predicted molar refractivity (Wildman–Crippen MR) is 92.5 cm³/mol. The summed E-state index contributed by atoms with van der Waals surface area (Å²) in [4.78, 5) is 0.375. The second-order valence-corrected chi connectivity index (χ2v) is 8.08. The van der Waals surface area contributed by atoms with Crippen molar-refractivity contribution in [2.75, 3.05) is 26.7 Å². The van der Waals surface area contributed by atoms with Crippen LogP contribution in [0.25, 0.3) is 0 Å². The third-order valence-corrected chi connectivity index (χ3v) is 6.33. The normalized spacial score (nSPS) is 16.7. The number of hydrogen-bond donors (Lipinski definition) is 1.